The van der Waals surface area contributed by atoms with Crippen molar-refractivity contribution in [2.75, 3.05) is 13.2 Å². The van der Waals surface area contributed by atoms with E-state index < -0.39 is 0 Å². The Hall–Kier alpha value is -3.28. The van der Waals surface area contributed by atoms with Crippen LogP contribution in [0.5, 0.6) is 0 Å². The molecule has 4 nitrogen and oxygen atoms in total. The lowest BCUT2D eigenvalue weighted by molar-refractivity contribution is 0.0697. The molecular formula is C38H48N2O2. The maximum absolute atomic E-state index is 6.28. The summed E-state index contributed by atoms with van der Waals surface area (Å²) in [4.78, 5) is 0. The van der Waals surface area contributed by atoms with Gasteiger partial charge >= 0.3 is 0 Å². The smallest absolute Gasteiger partial charge is 0.0717 e. The second-order valence-electron chi connectivity index (χ2n) is 11.8. The maximum atomic E-state index is 6.28. The fraction of sp³-hybridized carbons (Fsp3) is 0.368. The van der Waals surface area contributed by atoms with E-state index in [1.54, 1.807) is 0 Å². The van der Waals surface area contributed by atoms with E-state index in [1.165, 1.54) is 22.3 Å². The van der Waals surface area contributed by atoms with Crippen LogP contribution >= 0.6 is 0 Å². The minimum Gasteiger partial charge on any atom is -0.375 e. The lowest BCUT2D eigenvalue weighted by Gasteiger charge is -2.37. The first-order valence-electron chi connectivity index (χ1n) is 15.4. The van der Waals surface area contributed by atoms with E-state index in [0.717, 1.165) is 0 Å². The second kappa shape index (κ2) is 17.0. The van der Waals surface area contributed by atoms with Gasteiger partial charge in [0.05, 0.1) is 38.5 Å². The van der Waals surface area contributed by atoms with Crippen molar-refractivity contribution in [2.45, 2.75) is 65.1 Å². The number of rotatable bonds is 17. The number of hydrogen-bond acceptors (Lipinski definition) is 4. The Labute approximate surface area is 253 Å². The Morgan fingerprint density at radius 2 is 0.762 bits per heavy atom. The largest absolute Gasteiger partial charge is 0.375 e. The van der Waals surface area contributed by atoms with Gasteiger partial charge in [-0.3, -0.25) is 0 Å². The van der Waals surface area contributed by atoms with E-state index in [-0.39, 0.29) is 24.2 Å². The minimum atomic E-state index is 0.0247. The van der Waals surface area contributed by atoms with E-state index in [2.05, 4.69) is 148 Å². The molecule has 4 aromatic rings. The summed E-state index contributed by atoms with van der Waals surface area (Å²) in [6, 6.07) is 42.8. The van der Waals surface area contributed by atoms with Crippen molar-refractivity contribution in [2.24, 2.45) is 11.8 Å². The molecule has 0 bridgehead atoms. The van der Waals surface area contributed by atoms with Crippen LogP contribution in [0, 0.1) is 11.8 Å². The summed E-state index contributed by atoms with van der Waals surface area (Å²) >= 11 is 0. The molecule has 0 radical (unpaired) electrons. The van der Waals surface area contributed by atoms with E-state index in [1.807, 2.05) is 12.1 Å². The van der Waals surface area contributed by atoms with Gasteiger partial charge in [0.1, 0.15) is 0 Å². The van der Waals surface area contributed by atoms with Crippen molar-refractivity contribution in [3.63, 3.8) is 0 Å². The first kappa shape index (κ1) is 31.7. The predicted molar refractivity (Wildman–Crippen MR) is 174 cm³/mol. The molecular weight excluding hydrogens is 516 g/mol. The average Bonchev–Trinajstić information content (AvgIpc) is 3.02. The Morgan fingerprint density at radius 3 is 1.07 bits per heavy atom. The van der Waals surface area contributed by atoms with Gasteiger partial charge in [0.25, 0.3) is 0 Å². The molecule has 0 aliphatic heterocycles. The van der Waals surface area contributed by atoms with Crippen LogP contribution in [0.25, 0.3) is 0 Å². The van der Waals surface area contributed by atoms with E-state index >= 15 is 0 Å². The molecule has 4 aromatic carbocycles. The second-order valence-corrected chi connectivity index (χ2v) is 11.8. The highest BCUT2D eigenvalue weighted by molar-refractivity contribution is 5.28. The van der Waals surface area contributed by atoms with Gasteiger partial charge in [-0.05, 0) is 34.1 Å². The molecule has 0 saturated carbocycles. The zero-order chi connectivity index (χ0) is 29.6. The maximum Gasteiger partial charge on any atom is 0.0717 e. The van der Waals surface area contributed by atoms with E-state index in [4.69, 9.17) is 9.47 Å². The SMILES string of the molecule is CC(C)[C@@H](COCc1ccccc1)N[C@H](c1ccccc1)[C@@H](N[C@H](COCc1ccccc1)C(C)C)c1ccccc1. The standard InChI is InChI=1S/C38H48N2O2/c1-29(2)35(27-41-25-31-17-9-5-10-18-31)39-37(33-21-13-7-14-22-33)38(34-23-15-8-16-24-34)40-36(30(3)4)28-42-26-32-19-11-6-12-20-32/h5-24,29-30,35-40H,25-28H2,1-4H3/t35-,36-,37-,38+/m1/s1. The molecule has 0 saturated heterocycles. The number of ether oxygens (including phenoxy) is 2. The number of hydrogen-bond donors (Lipinski definition) is 2. The molecule has 0 aliphatic carbocycles. The van der Waals surface area contributed by atoms with Crippen LogP contribution in [0.1, 0.15) is 62.0 Å². The van der Waals surface area contributed by atoms with E-state index in [9.17, 15) is 0 Å². The van der Waals surface area contributed by atoms with Gasteiger partial charge in [-0.25, -0.2) is 0 Å². The first-order valence-corrected chi connectivity index (χ1v) is 15.4. The molecule has 0 heterocycles. The average molecular weight is 565 g/mol. The predicted octanol–water partition coefficient (Wildman–Crippen LogP) is 8.13. The van der Waals surface area contributed by atoms with Crippen LogP contribution < -0.4 is 10.6 Å². The fourth-order valence-electron chi connectivity index (χ4n) is 5.17. The van der Waals surface area contributed by atoms with Crippen molar-refractivity contribution < 1.29 is 9.47 Å². The van der Waals surface area contributed by atoms with Gasteiger partial charge in [0.15, 0.2) is 0 Å². The van der Waals surface area contributed by atoms with Crippen LogP contribution in [0.3, 0.4) is 0 Å². The van der Waals surface area contributed by atoms with Crippen molar-refractivity contribution in [3.8, 4) is 0 Å². The summed E-state index contributed by atoms with van der Waals surface area (Å²) in [6.07, 6.45) is 0. The lowest BCUT2D eigenvalue weighted by Crippen LogP contribution is -2.49. The highest BCUT2D eigenvalue weighted by Gasteiger charge is 2.31. The van der Waals surface area contributed by atoms with Crippen LogP contribution in [0.2, 0.25) is 0 Å². The van der Waals surface area contributed by atoms with Crippen molar-refractivity contribution in [1.29, 1.82) is 0 Å². The highest BCUT2D eigenvalue weighted by atomic mass is 16.5. The topological polar surface area (TPSA) is 42.5 Å². The zero-order valence-corrected chi connectivity index (χ0v) is 25.7. The van der Waals surface area contributed by atoms with Crippen molar-refractivity contribution in [3.05, 3.63) is 144 Å². The normalized spacial score (nSPS) is 14.5. The summed E-state index contributed by atoms with van der Waals surface area (Å²) in [7, 11) is 0. The Kier molecular flexibility index (Phi) is 12.8. The molecule has 222 valence electrons. The minimum absolute atomic E-state index is 0.0247. The summed E-state index contributed by atoms with van der Waals surface area (Å²) in [5, 5.41) is 8.11. The number of nitrogens with one attached hydrogen (secondary N) is 2. The van der Waals surface area contributed by atoms with Crippen LogP contribution in [-0.2, 0) is 22.7 Å². The third kappa shape index (κ3) is 9.92. The summed E-state index contributed by atoms with van der Waals surface area (Å²) in [5.74, 6) is 0.775. The van der Waals surface area contributed by atoms with Crippen LogP contribution in [0.4, 0.5) is 0 Å². The van der Waals surface area contributed by atoms with Gasteiger partial charge in [0.2, 0.25) is 0 Å². The molecule has 0 aliphatic rings. The molecule has 0 fully saturated rings. The Bertz CT molecular complexity index is 1150. The van der Waals surface area contributed by atoms with Crippen LogP contribution in [0.15, 0.2) is 121 Å². The van der Waals surface area contributed by atoms with Crippen molar-refractivity contribution in [1.82, 2.24) is 10.6 Å². The Morgan fingerprint density at radius 1 is 0.452 bits per heavy atom. The summed E-state index contributed by atoms with van der Waals surface area (Å²) in [5.41, 5.74) is 4.89. The van der Waals surface area contributed by atoms with Gasteiger partial charge in [-0.1, -0.05) is 149 Å². The molecule has 0 unspecified atom stereocenters. The first-order chi connectivity index (χ1) is 20.5. The monoisotopic (exact) mass is 564 g/mol. The van der Waals surface area contributed by atoms with Gasteiger partial charge in [-0.2, -0.15) is 0 Å². The van der Waals surface area contributed by atoms with Gasteiger partial charge in [-0.15, -0.1) is 0 Å². The fourth-order valence-corrected chi connectivity index (χ4v) is 5.17. The number of benzene rings is 4. The summed E-state index contributed by atoms with van der Waals surface area (Å²) < 4.78 is 12.6. The summed E-state index contributed by atoms with van der Waals surface area (Å²) in [6.45, 7) is 11.6. The van der Waals surface area contributed by atoms with Crippen molar-refractivity contribution >= 4 is 0 Å². The third-order valence-corrected chi connectivity index (χ3v) is 7.87. The third-order valence-electron chi connectivity index (χ3n) is 7.87. The van der Waals surface area contributed by atoms with E-state index in [0.29, 0.717) is 38.3 Å². The molecule has 42 heavy (non-hydrogen) atoms. The molecule has 0 aromatic heterocycles. The van der Waals surface area contributed by atoms with Gasteiger partial charge < -0.3 is 20.1 Å². The molecule has 2 N–H and O–H groups in total. The molecule has 4 atom stereocenters. The molecule has 4 heteroatoms. The highest BCUT2D eigenvalue weighted by Crippen LogP contribution is 2.31. The molecule has 4 rings (SSSR count). The quantitative estimate of drug-likeness (QED) is 0.136. The van der Waals surface area contributed by atoms with Crippen LogP contribution in [-0.4, -0.2) is 25.3 Å². The van der Waals surface area contributed by atoms with Gasteiger partial charge in [0, 0.05) is 12.1 Å². The molecule has 0 spiro atoms. The lowest BCUT2D eigenvalue weighted by atomic mass is 9.89. The Balaban J connectivity index is 1.56. The molecule has 0 amide bonds. The zero-order valence-electron chi connectivity index (χ0n) is 25.7.